The molecule has 2 aromatic carbocycles. The van der Waals surface area contributed by atoms with Gasteiger partial charge in [0.15, 0.2) is 0 Å². The first-order valence-corrected chi connectivity index (χ1v) is 7.67. The first kappa shape index (κ1) is 16.2. The Balaban J connectivity index is 2.11. The molecule has 2 aromatic rings. The Kier molecular flexibility index (Phi) is 5.51. The van der Waals surface area contributed by atoms with Gasteiger partial charge in [-0.3, -0.25) is 0 Å². The van der Waals surface area contributed by atoms with Gasteiger partial charge in [0.1, 0.15) is 11.5 Å². The van der Waals surface area contributed by atoms with Crippen LogP contribution in [-0.2, 0) is 6.54 Å². The average molecular weight is 324 g/mol. The van der Waals surface area contributed by atoms with Crippen molar-refractivity contribution in [2.24, 2.45) is 0 Å². The lowest BCUT2D eigenvalue weighted by Crippen LogP contribution is -2.21. The summed E-state index contributed by atoms with van der Waals surface area (Å²) in [6.07, 6.45) is 0. The third-order valence-electron chi connectivity index (χ3n) is 3.07. The highest BCUT2D eigenvalue weighted by Crippen LogP contribution is 2.31. The van der Waals surface area contributed by atoms with Gasteiger partial charge in [0, 0.05) is 18.7 Å². The maximum absolute atomic E-state index is 6.00. The Morgan fingerprint density at radius 1 is 1.05 bits per heavy atom. The van der Waals surface area contributed by atoms with Crippen LogP contribution in [0.1, 0.15) is 25.0 Å². The molecule has 0 spiro atoms. The largest absolute Gasteiger partial charge is 0.457 e. The lowest BCUT2D eigenvalue weighted by molar-refractivity contribution is 0.478. The number of hydrogen-bond donors (Lipinski definition) is 1. The van der Waals surface area contributed by atoms with Crippen molar-refractivity contribution in [1.29, 1.82) is 0 Å². The molecule has 0 radical (unpaired) electrons. The highest BCUT2D eigenvalue weighted by atomic mass is 35.5. The Bertz CT molecular complexity index is 626. The number of ether oxygens (including phenoxy) is 1. The smallest absolute Gasteiger partial charge is 0.130 e. The molecule has 1 N–H and O–H groups in total. The quantitative estimate of drug-likeness (QED) is 0.774. The van der Waals surface area contributed by atoms with Crippen molar-refractivity contribution in [1.82, 2.24) is 5.32 Å². The van der Waals surface area contributed by atoms with E-state index in [1.807, 2.05) is 19.1 Å². The van der Waals surface area contributed by atoms with Crippen molar-refractivity contribution in [3.05, 3.63) is 57.6 Å². The van der Waals surface area contributed by atoms with Crippen molar-refractivity contribution >= 4 is 23.2 Å². The van der Waals surface area contributed by atoms with Gasteiger partial charge < -0.3 is 10.1 Å². The SMILES string of the molecule is Cc1cc(CNC(C)C)ccc1Oc1ccc(Cl)c(Cl)c1. The summed E-state index contributed by atoms with van der Waals surface area (Å²) in [6.45, 7) is 7.15. The number of nitrogens with one attached hydrogen (secondary N) is 1. The summed E-state index contributed by atoms with van der Waals surface area (Å²) in [6, 6.07) is 11.9. The number of rotatable bonds is 5. The van der Waals surface area contributed by atoms with Crippen molar-refractivity contribution in [2.75, 3.05) is 0 Å². The standard InChI is InChI=1S/C17H19Cl2NO/c1-11(2)20-10-13-4-7-17(12(3)8-13)21-14-5-6-15(18)16(19)9-14/h4-9,11,20H,10H2,1-3H3. The number of aryl methyl sites for hydroxylation is 1. The minimum atomic E-state index is 0.470. The fourth-order valence-electron chi connectivity index (χ4n) is 1.93. The van der Waals surface area contributed by atoms with E-state index < -0.39 is 0 Å². The molecule has 0 aliphatic rings. The van der Waals surface area contributed by atoms with Gasteiger partial charge >= 0.3 is 0 Å². The lowest BCUT2D eigenvalue weighted by Gasteiger charge is -2.12. The predicted octanol–water partition coefficient (Wildman–Crippen LogP) is 5.59. The average Bonchev–Trinajstić information content (AvgIpc) is 2.43. The lowest BCUT2D eigenvalue weighted by atomic mass is 10.1. The van der Waals surface area contributed by atoms with E-state index in [0.717, 1.165) is 17.9 Å². The van der Waals surface area contributed by atoms with Gasteiger partial charge in [0.05, 0.1) is 10.0 Å². The van der Waals surface area contributed by atoms with E-state index in [4.69, 9.17) is 27.9 Å². The third kappa shape index (κ3) is 4.63. The van der Waals surface area contributed by atoms with E-state index in [1.165, 1.54) is 5.56 Å². The third-order valence-corrected chi connectivity index (χ3v) is 3.81. The van der Waals surface area contributed by atoms with Crippen molar-refractivity contribution < 1.29 is 4.74 Å². The summed E-state index contributed by atoms with van der Waals surface area (Å²) in [5.74, 6) is 1.50. The highest BCUT2D eigenvalue weighted by Gasteiger charge is 2.05. The van der Waals surface area contributed by atoms with Crippen LogP contribution < -0.4 is 10.1 Å². The highest BCUT2D eigenvalue weighted by molar-refractivity contribution is 6.42. The van der Waals surface area contributed by atoms with Gasteiger partial charge in [0.25, 0.3) is 0 Å². The van der Waals surface area contributed by atoms with Crippen LogP contribution in [0.4, 0.5) is 0 Å². The second kappa shape index (κ2) is 7.17. The maximum Gasteiger partial charge on any atom is 0.130 e. The minimum Gasteiger partial charge on any atom is -0.457 e. The fourth-order valence-corrected chi connectivity index (χ4v) is 2.21. The summed E-state index contributed by atoms with van der Waals surface area (Å²) < 4.78 is 5.86. The second-order valence-corrected chi connectivity index (χ2v) is 6.13. The molecular weight excluding hydrogens is 305 g/mol. The fraction of sp³-hybridized carbons (Fsp3) is 0.294. The van der Waals surface area contributed by atoms with E-state index in [1.54, 1.807) is 12.1 Å². The minimum absolute atomic E-state index is 0.470. The first-order valence-electron chi connectivity index (χ1n) is 6.91. The van der Waals surface area contributed by atoms with Crippen molar-refractivity contribution in [3.63, 3.8) is 0 Å². The molecule has 0 aliphatic heterocycles. The molecule has 0 fully saturated rings. The summed E-state index contributed by atoms with van der Waals surface area (Å²) in [5, 5.41) is 4.41. The van der Waals surface area contributed by atoms with E-state index in [9.17, 15) is 0 Å². The van der Waals surface area contributed by atoms with Gasteiger partial charge in [-0.15, -0.1) is 0 Å². The van der Waals surface area contributed by atoms with Crippen molar-refractivity contribution in [2.45, 2.75) is 33.4 Å². The van der Waals surface area contributed by atoms with Gasteiger partial charge in [-0.1, -0.05) is 49.2 Å². The molecule has 0 unspecified atom stereocenters. The summed E-state index contributed by atoms with van der Waals surface area (Å²) in [7, 11) is 0. The Labute approximate surface area is 136 Å². The van der Waals surface area contributed by atoms with Gasteiger partial charge in [0.2, 0.25) is 0 Å². The zero-order valence-electron chi connectivity index (χ0n) is 12.4. The van der Waals surface area contributed by atoms with Gasteiger partial charge in [-0.2, -0.15) is 0 Å². The van der Waals surface area contributed by atoms with Crippen LogP contribution >= 0.6 is 23.2 Å². The van der Waals surface area contributed by atoms with Crippen LogP contribution in [0.15, 0.2) is 36.4 Å². The Hall–Kier alpha value is -1.22. The van der Waals surface area contributed by atoms with E-state index in [2.05, 4.69) is 31.3 Å². The molecule has 0 saturated carbocycles. The maximum atomic E-state index is 6.00. The van der Waals surface area contributed by atoms with E-state index >= 15 is 0 Å². The zero-order valence-corrected chi connectivity index (χ0v) is 13.9. The monoisotopic (exact) mass is 323 g/mol. The summed E-state index contributed by atoms with van der Waals surface area (Å²) >= 11 is 11.9. The van der Waals surface area contributed by atoms with Crippen LogP contribution in [-0.4, -0.2) is 6.04 Å². The van der Waals surface area contributed by atoms with Crippen LogP contribution in [0, 0.1) is 6.92 Å². The molecule has 0 atom stereocenters. The molecule has 2 rings (SSSR count). The van der Waals surface area contributed by atoms with Crippen LogP contribution in [0.2, 0.25) is 10.0 Å². The Morgan fingerprint density at radius 3 is 2.43 bits per heavy atom. The molecule has 0 aliphatic carbocycles. The number of halogens is 2. The van der Waals surface area contributed by atoms with Crippen LogP contribution in [0.5, 0.6) is 11.5 Å². The molecule has 2 nitrogen and oxygen atoms in total. The predicted molar refractivity (Wildman–Crippen MR) is 89.7 cm³/mol. The molecule has 0 saturated heterocycles. The number of hydrogen-bond acceptors (Lipinski definition) is 2. The second-order valence-electron chi connectivity index (χ2n) is 5.31. The molecule has 0 aromatic heterocycles. The molecule has 0 amide bonds. The molecular formula is C17H19Cl2NO. The number of benzene rings is 2. The molecule has 0 heterocycles. The van der Waals surface area contributed by atoms with Gasteiger partial charge in [-0.05, 0) is 36.2 Å². The summed E-state index contributed by atoms with van der Waals surface area (Å²) in [5.41, 5.74) is 2.33. The van der Waals surface area contributed by atoms with E-state index in [0.29, 0.717) is 21.8 Å². The molecule has 0 bridgehead atoms. The normalized spacial score (nSPS) is 11.0. The zero-order chi connectivity index (χ0) is 15.4. The topological polar surface area (TPSA) is 21.3 Å². The van der Waals surface area contributed by atoms with Gasteiger partial charge in [-0.25, -0.2) is 0 Å². The van der Waals surface area contributed by atoms with Crippen molar-refractivity contribution in [3.8, 4) is 11.5 Å². The van der Waals surface area contributed by atoms with Crippen LogP contribution in [0.3, 0.4) is 0 Å². The molecule has 21 heavy (non-hydrogen) atoms. The molecule has 4 heteroatoms. The first-order chi connectivity index (χ1) is 9.95. The summed E-state index contributed by atoms with van der Waals surface area (Å²) in [4.78, 5) is 0. The van der Waals surface area contributed by atoms with E-state index in [-0.39, 0.29) is 0 Å². The Morgan fingerprint density at radius 2 is 1.81 bits per heavy atom. The molecule has 112 valence electrons. The van der Waals surface area contributed by atoms with Crippen LogP contribution in [0.25, 0.3) is 0 Å².